The molecular weight excluding hydrogens is 418 g/mol. The van der Waals surface area contributed by atoms with Crippen molar-refractivity contribution in [2.75, 3.05) is 26.2 Å². The number of fused-ring (bicyclic) bond motifs is 1. The minimum Gasteiger partial charge on any atom is -0.359 e. The van der Waals surface area contributed by atoms with Gasteiger partial charge in [-0.2, -0.15) is 0 Å². The largest absolute Gasteiger partial charge is 0.359 e. The first-order chi connectivity index (χ1) is 16.1. The van der Waals surface area contributed by atoms with Crippen molar-refractivity contribution in [3.8, 4) is 11.4 Å². The third-order valence-electron chi connectivity index (χ3n) is 5.82. The number of benzene rings is 1. The van der Waals surface area contributed by atoms with E-state index in [-0.39, 0.29) is 5.91 Å². The Balaban J connectivity index is 1.31. The fourth-order valence-corrected chi connectivity index (χ4v) is 4.07. The van der Waals surface area contributed by atoms with Crippen molar-refractivity contribution < 1.29 is 14.4 Å². The highest BCUT2D eigenvalue weighted by molar-refractivity contribution is 6.45. The quantitative estimate of drug-likeness (QED) is 0.389. The van der Waals surface area contributed by atoms with Gasteiger partial charge in [-0.3, -0.25) is 24.4 Å². The number of hydrogen-bond donors (Lipinski definition) is 1. The second kappa shape index (κ2) is 8.66. The highest BCUT2D eigenvalue weighted by Gasteiger charge is 2.30. The zero-order valence-electron chi connectivity index (χ0n) is 17.8. The van der Waals surface area contributed by atoms with Crippen LogP contribution in [0.2, 0.25) is 0 Å². The number of carbonyl (C=O) groups is 3. The molecule has 1 saturated heterocycles. The summed E-state index contributed by atoms with van der Waals surface area (Å²) in [5.74, 6) is -1.22. The van der Waals surface area contributed by atoms with E-state index >= 15 is 0 Å². The molecule has 0 bridgehead atoms. The molecule has 1 aliphatic rings. The molecule has 164 valence electrons. The van der Waals surface area contributed by atoms with Gasteiger partial charge in [0.05, 0.1) is 16.8 Å². The first-order valence-electron chi connectivity index (χ1n) is 10.7. The van der Waals surface area contributed by atoms with Crippen LogP contribution in [0.5, 0.6) is 0 Å². The number of piperazine rings is 1. The molecule has 1 aromatic carbocycles. The fourth-order valence-electron chi connectivity index (χ4n) is 4.07. The molecule has 0 radical (unpaired) electrons. The van der Waals surface area contributed by atoms with E-state index in [1.807, 2.05) is 36.4 Å². The van der Waals surface area contributed by atoms with E-state index in [0.29, 0.717) is 59.6 Å². The summed E-state index contributed by atoms with van der Waals surface area (Å²) >= 11 is 0. The number of H-pyrrole nitrogens is 1. The summed E-state index contributed by atoms with van der Waals surface area (Å²) in [6, 6.07) is 16.3. The maximum Gasteiger partial charge on any atom is 0.295 e. The summed E-state index contributed by atoms with van der Waals surface area (Å²) in [6.45, 7) is 1.39. The molecule has 33 heavy (non-hydrogen) atoms. The number of ketones is 1. The number of amides is 2. The van der Waals surface area contributed by atoms with Gasteiger partial charge >= 0.3 is 0 Å². The standard InChI is InChI=1S/C25H21N5O3/c31-23(19-16-28-21-18(19)9-11-27-22(21)20-8-4-5-10-26-20)25(33)30-14-12-29(13-15-30)24(32)17-6-2-1-3-7-17/h1-11,16,28H,12-15H2. The zero-order valence-corrected chi connectivity index (χ0v) is 17.8. The van der Waals surface area contributed by atoms with E-state index in [4.69, 9.17) is 0 Å². The van der Waals surface area contributed by atoms with Crippen LogP contribution in [0.25, 0.3) is 22.3 Å². The molecular formula is C25H21N5O3. The molecule has 3 aromatic heterocycles. The number of nitrogens with one attached hydrogen (secondary N) is 1. The van der Waals surface area contributed by atoms with Gasteiger partial charge in [0, 0.05) is 55.7 Å². The molecule has 1 aliphatic heterocycles. The molecule has 4 heterocycles. The van der Waals surface area contributed by atoms with Gasteiger partial charge in [0.15, 0.2) is 0 Å². The number of aromatic nitrogens is 3. The lowest BCUT2D eigenvalue weighted by molar-refractivity contribution is -0.127. The van der Waals surface area contributed by atoms with Gasteiger partial charge in [0.25, 0.3) is 17.6 Å². The van der Waals surface area contributed by atoms with E-state index in [2.05, 4.69) is 15.0 Å². The molecule has 0 spiro atoms. The van der Waals surface area contributed by atoms with Gasteiger partial charge in [-0.25, -0.2) is 0 Å². The molecule has 0 aliphatic carbocycles. The van der Waals surface area contributed by atoms with Crippen LogP contribution in [-0.4, -0.2) is 68.5 Å². The average Bonchev–Trinajstić information content (AvgIpc) is 3.33. The summed E-state index contributed by atoms with van der Waals surface area (Å²) < 4.78 is 0. The van der Waals surface area contributed by atoms with Gasteiger partial charge in [-0.1, -0.05) is 24.3 Å². The van der Waals surface area contributed by atoms with Gasteiger partial charge < -0.3 is 14.8 Å². The molecule has 2 amide bonds. The van der Waals surface area contributed by atoms with Crippen molar-refractivity contribution in [1.82, 2.24) is 24.8 Å². The van der Waals surface area contributed by atoms with Crippen LogP contribution < -0.4 is 0 Å². The second-order valence-corrected chi connectivity index (χ2v) is 7.78. The van der Waals surface area contributed by atoms with E-state index < -0.39 is 11.7 Å². The van der Waals surface area contributed by atoms with Crippen molar-refractivity contribution >= 4 is 28.5 Å². The van der Waals surface area contributed by atoms with Crippen LogP contribution in [0.1, 0.15) is 20.7 Å². The summed E-state index contributed by atoms with van der Waals surface area (Å²) in [4.78, 5) is 53.7. The Morgan fingerprint density at radius 1 is 0.788 bits per heavy atom. The molecule has 8 heteroatoms. The Kier molecular flexibility index (Phi) is 5.40. The van der Waals surface area contributed by atoms with Crippen molar-refractivity contribution in [1.29, 1.82) is 0 Å². The number of carbonyl (C=O) groups excluding carboxylic acids is 3. The lowest BCUT2D eigenvalue weighted by Crippen LogP contribution is -2.52. The predicted molar refractivity (Wildman–Crippen MR) is 123 cm³/mol. The molecule has 8 nitrogen and oxygen atoms in total. The molecule has 0 unspecified atom stereocenters. The van der Waals surface area contributed by atoms with Crippen LogP contribution >= 0.6 is 0 Å². The molecule has 0 atom stereocenters. The van der Waals surface area contributed by atoms with E-state index in [1.165, 1.54) is 4.90 Å². The van der Waals surface area contributed by atoms with E-state index in [1.54, 1.807) is 41.7 Å². The highest BCUT2D eigenvalue weighted by atomic mass is 16.2. The van der Waals surface area contributed by atoms with Gasteiger partial charge in [-0.05, 0) is 30.3 Å². The molecule has 0 saturated carbocycles. The summed E-state index contributed by atoms with van der Waals surface area (Å²) in [5.41, 5.74) is 2.87. The maximum absolute atomic E-state index is 13.1. The fraction of sp³-hybridized carbons (Fsp3) is 0.160. The van der Waals surface area contributed by atoms with Gasteiger partial charge in [0.2, 0.25) is 0 Å². The summed E-state index contributed by atoms with van der Waals surface area (Å²) in [7, 11) is 0. The number of pyridine rings is 2. The highest BCUT2D eigenvalue weighted by Crippen LogP contribution is 2.27. The normalized spacial score (nSPS) is 13.8. The topological polar surface area (TPSA) is 99.3 Å². The number of aromatic amines is 1. The minimum absolute atomic E-state index is 0.0693. The zero-order chi connectivity index (χ0) is 22.8. The third kappa shape index (κ3) is 3.87. The average molecular weight is 439 g/mol. The van der Waals surface area contributed by atoms with Crippen LogP contribution in [-0.2, 0) is 4.79 Å². The minimum atomic E-state index is -0.581. The van der Waals surface area contributed by atoms with E-state index in [0.717, 1.165) is 0 Å². The van der Waals surface area contributed by atoms with Crippen molar-refractivity contribution in [3.63, 3.8) is 0 Å². The lowest BCUT2D eigenvalue weighted by Gasteiger charge is -2.34. The van der Waals surface area contributed by atoms with E-state index in [9.17, 15) is 14.4 Å². The second-order valence-electron chi connectivity index (χ2n) is 7.78. The first kappa shape index (κ1) is 20.6. The number of Topliss-reactive ketones (excluding diaryl/α,β-unsaturated/α-hetero) is 1. The summed E-state index contributed by atoms with van der Waals surface area (Å²) in [6.07, 6.45) is 4.83. The Morgan fingerprint density at radius 2 is 1.52 bits per heavy atom. The van der Waals surface area contributed by atoms with Gasteiger partial charge in [0.1, 0.15) is 5.69 Å². The van der Waals surface area contributed by atoms with Crippen LogP contribution in [0.3, 0.4) is 0 Å². The lowest BCUT2D eigenvalue weighted by atomic mass is 10.1. The third-order valence-corrected chi connectivity index (χ3v) is 5.82. The van der Waals surface area contributed by atoms with Crippen molar-refractivity contribution in [3.05, 3.63) is 84.3 Å². The first-order valence-corrected chi connectivity index (χ1v) is 10.7. The van der Waals surface area contributed by atoms with Crippen molar-refractivity contribution in [2.45, 2.75) is 0 Å². The molecule has 1 fully saturated rings. The molecule has 4 aromatic rings. The number of hydrogen-bond acceptors (Lipinski definition) is 5. The smallest absolute Gasteiger partial charge is 0.295 e. The number of rotatable bonds is 4. The van der Waals surface area contributed by atoms with Crippen LogP contribution in [0, 0.1) is 0 Å². The van der Waals surface area contributed by atoms with Crippen LogP contribution in [0.4, 0.5) is 0 Å². The maximum atomic E-state index is 13.1. The van der Waals surface area contributed by atoms with Crippen LogP contribution in [0.15, 0.2) is 73.2 Å². The Bertz CT molecular complexity index is 1330. The Labute approximate surface area is 189 Å². The SMILES string of the molecule is O=C(C(=O)N1CCN(C(=O)c2ccccc2)CC1)c1c[nH]c2c(-c3ccccn3)nccc12. The predicted octanol–water partition coefficient (Wildman–Crippen LogP) is 2.79. The van der Waals surface area contributed by atoms with Crippen molar-refractivity contribution in [2.24, 2.45) is 0 Å². The monoisotopic (exact) mass is 439 g/mol. The molecule has 5 rings (SSSR count). The van der Waals surface area contributed by atoms with Gasteiger partial charge in [-0.15, -0.1) is 0 Å². The number of nitrogens with zero attached hydrogens (tertiary/aromatic N) is 4. The Morgan fingerprint density at radius 3 is 2.24 bits per heavy atom. The summed E-state index contributed by atoms with van der Waals surface area (Å²) in [5, 5.41) is 0.627. The Hall–Kier alpha value is -4.33. The molecule has 1 N–H and O–H groups in total.